The lowest BCUT2D eigenvalue weighted by molar-refractivity contribution is -0.124. The summed E-state index contributed by atoms with van der Waals surface area (Å²) in [5.74, 6) is -1.04. The van der Waals surface area contributed by atoms with E-state index >= 15 is 0 Å². The summed E-state index contributed by atoms with van der Waals surface area (Å²) in [4.78, 5) is 13.8. The second kappa shape index (κ2) is 6.89. The largest absolute Gasteiger partial charge is 0.345 e. The minimum atomic E-state index is -3.67. The number of nitrogens with zero attached hydrogens (tertiary/aromatic N) is 2. The summed E-state index contributed by atoms with van der Waals surface area (Å²) >= 11 is 0. The lowest BCUT2D eigenvalue weighted by Gasteiger charge is -2.26. The van der Waals surface area contributed by atoms with Crippen LogP contribution in [0.4, 0.5) is 0 Å². The van der Waals surface area contributed by atoms with Gasteiger partial charge in [-0.3, -0.25) is 9.48 Å². The Morgan fingerprint density at radius 1 is 1.22 bits per heavy atom. The van der Waals surface area contributed by atoms with Gasteiger partial charge in [-0.25, -0.2) is 8.42 Å². The van der Waals surface area contributed by atoms with E-state index < -0.39 is 26.0 Å². The van der Waals surface area contributed by atoms with E-state index in [1.54, 1.807) is 22.9 Å². The summed E-state index contributed by atoms with van der Waals surface area (Å²) in [6, 6.07) is 14.8. The Labute approximate surface area is 188 Å². The second-order valence-corrected chi connectivity index (χ2v) is 11.8. The van der Waals surface area contributed by atoms with Gasteiger partial charge in [-0.05, 0) is 44.5 Å². The van der Waals surface area contributed by atoms with Crippen LogP contribution in [0.1, 0.15) is 25.1 Å². The average Bonchev–Trinajstić information content (AvgIpc) is 3.02. The van der Waals surface area contributed by atoms with Gasteiger partial charge in [0, 0.05) is 31.4 Å². The number of aryl methyl sites for hydroxylation is 2. The van der Waals surface area contributed by atoms with Crippen molar-refractivity contribution in [2.24, 2.45) is 18.9 Å². The molecule has 5 rings (SSSR count). The van der Waals surface area contributed by atoms with Gasteiger partial charge in [0.05, 0.1) is 27.6 Å². The van der Waals surface area contributed by atoms with Gasteiger partial charge in [0.15, 0.2) is 9.84 Å². The number of carbonyl (C=O) groups is 1. The Morgan fingerprint density at radius 3 is 2.72 bits per heavy atom. The van der Waals surface area contributed by atoms with Crippen LogP contribution in [0, 0.1) is 18.8 Å². The molecule has 1 aromatic heterocycles. The van der Waals surface area contributed by atoms with Crippen LogP contribution >= 0.6 is 0 Å². The quantitative estimate of drug-likeness (QED) is 0.620. The molecule has 0 radical (unpaired) electrons. The summed E-state index contributed by atoms with van der Waals surface area (Å²) in [5, 5.41) is 11.9. The summed E-state index contributed by atoms with van der Waals surface area (Å²) in [7, 11) is -1.80. The van der Waals surface area contributed by atoms with Gasteiger partial charge in [0.25, 0.3) is 0 Å². The van der Waals surface area contributed by atoms with E-state index in [1.165, 1.54) is 0 Å². The molecule has 1 amide bonds. The van der Waals surface area contributed by atoms with Crippen molar-refractivity contribution in [2.75, 3.05) is 13.1 Å². The fraction of sp³-hybridized carbons (Fsp3) is 0.417. The molecule has 3 atom stereocenters. The highest BCUT2D eigenvalue weighted by Gasteiger charge is 2.77. The van der Waals surface area contributed by atoms with Gasteiger partial charge in [0.2, 0.25) is 5.91 Å². The average molecular weight is 453 g/mol. The number of fused-ring (bicyclic) bond motifs is 2. The zero-order chi connectivity index (χ0) is 22.9. The van der Waals surface area contributed by atoms with Crippen molar-refractivity contribution in [1.82, 2.24) is 20.4 Å². The highest BCUT2D eigenvalue weighted by molar-refractivity contribution is 7.93. The summed E-state index contributed by atoms with van der Waals surface area (Å²) < 4.78 is 28.0. The van der Waals surface area contributed by atoms with E-state index in [1.807, 2.05) is 58.2 Å². The number of piperidine rings is 1. The third-order valence-corrected chi connectivity index (χ3v) is 9.66. The summed E-state index contributed by atoms with van der Waals surface area (Å²) in [5.41, 5.74) is 1.88. The van der Waals surface area contributed by atoms with E-state index in [4.69, 9.17) is 0 Å². The van der Waals surface area contributed by atoms with Crippen LogP contribution in [0.3, 0.4) is 0 Å². The molecule has 1 aliphatic heterocycles. The highest BCUT2D eigenvalue weighted by atomic mass is 32.2. The van der Waals surface area contributed by atoms with Crippen LogP contribution in [-0.4, -0.2) is 41.9 Å². The molecule has 2 N–H and O–H groups in total. The van der Waals surface area contributed by atoms with Gasteiger partial charge in [-0.15, -0.1) is 0 Å². The smallest absolute Gasteiger partial charge is 0.225 e. The predicted molar refractivity (Wildman–Crippen MR) is 123 cm³/mol. The molecule has 1 aliphatic carbocycles. The third-order valence-electron chi connectivity index (χ3n) is 7.08. The third kappa shape index (κ3) is 2.85. The van der Waals surface area contributed by atoms with Gasteiger partial charge in [-0.1, -0.05) is 30.3 Å². The molecule has 7 nitrogen and oxygen atoms in total. The first-order valence-electron chi connectivity index (χ1n) is 10.9. The number of carbonyl (C=O) groups excluding carboxylic acids is 1. The molecule has 2 fully saturated rings. The van der Waals surface area contributed by atoms with Crippen molar-refractivity contribution in [3.05, 3.63) is 59.8 Å². The van der Waals surface area contributed by atoms with Gasteiger partial charge in [0.1, 0.15) is 4.75 Å². The van der Waals surface area contributed by atoms with Gasteiger partial charge < -0.3 is 10.6 Å². The molecule has 0 spiro atoms. The SMILES string of the molecule is Cc1cccc(S(=O)(=O)[C@]23CNC[C@@H]2[C@@H]3C(=O)NC(C)(C)c2nn(C)c3ccccc23)c1. The molecule has 0 unspecified atom stereocenters. The molecule has 3 aromatic rings. The number of benzene rings is 2. The molecular formula is C24H28N4O3S. The maximum absolute atomic E-state index is 13.6. The van der Waals surface area contributed by atoms with Crippen molar-refractivity contribution < 1.29 is 13.2 Å². The maximum Gasteiger partial charge on any atom is 0.225 e. The Balaban J connectivity index is 1.46. The van der Waals surface area contributed by atoms with Gasteiger partial charge >= 0.3 is 0 Å². The molecular weight excluding hydrogens is 424 g/mol. The van der Waals surface area contributed by atoms with Crippen LogP contribution in [0.5, 0.6) is 0 Å². The van der Waals surface area contributed by atoms with Crippen LogP contribution in [0.25, 0.3) is 10.9 Å². The summed E-state index contributed by atoms with van der Waals surface area (Å²) in [6.07, 6.45) is 0. The first-order chi connectivity index (χ1) is 15.1. The number of nitrogens with one attached hydrogen (secondary N) is 2. The van der Waals surface area contributed by atoms with E-state index in [0.717, 1.165) is 22.2 Å². The van der Waals surface area contributed by atoms with Crippen molar-refractivity contribution in [2.45, 2.75) is 36.0 Å². The topological polar surface area (TPSA) is 93.1 Å². The normalized spacial score (nSPS) is 25.0. The van der Waals surface area contributed by atoms with Crippen molar-refractivity contribution >= 4 is 26.6 Å². The Morgan fingerprint density at radius 2 is 1.97 bits per heavy atom. The van der Waals surface area contributed by atoms with Crippen molar-refractivity contribution in [3.63, 3.8) is 0 Å². The number of sulfone groups is 1. The molecule has 32 heavy (non-hydrogen) atoms. The summed E-state index contributed by atoms with van der Waals surface area (Å²) in [6.45, 7) is 6.52. The Hall–Kier alpha value is -2.71. The first-order valence-corrected chi connectivity index (χ1v) is 12.3. The van der Waals surface area contributed by atoms with E-state index in [-0.39, 0.29) is 16.7 Å². The Bertz CT molecular complexity index is 1340. The van der Waals surface area contributed by atoms with Crippen molar-refractivity contribution in [3.8, 4) is 0 Å². The number of para-hydroxylation sites is 1. The van der Waals surface area contributed by atoms with E-state index in [0.29, 0.717) is 13.1 Å². The molecule has 8 heteroatoms. The molecule has 2 heterocycles. The zero-order valence-corrected chi connectivity index (χ0v) is 19.5. The highest BCUT2D eigenvalue weighted by Crippen LogP contribution is 2.60. The predicted octanol–water partition coefficient (Wildman–Crippen LogP) is 2.29. The number of aromatic nitrogens is 2. The fourth-order valence-corrected chi connectivity index (χ4v) is 7.92. The van der Waals surface area contributed by atoms with E-state index in [2.05, 4.69) is 15.7 Å². The lowest BCUT2D eigenvalue weighted by Crippen LogP contribution is -2.46. The number of hydrogen-bond donors (Lipinski definition) is 2. The molecule has 2 aromatic carbocycles. The molecule has 2 aliphatic rings. The zero-order valence-electron chi connectivity index (χ0n) is 18.7. The molecule has 1 saturated carbocycles. The van der Waals surface area contributed by atoms with Gasteiger partial charge in [-0.2, -0.15) is 5.10 Å². The van der Waals surface area contributed by atoms with Crippen LogP contribution in [0.15, 0.2) is 53.4 Å². The van der Waals surface area contributed by atoms with Crippen molar-refractivity contribution in [1.29, 1.82) is 0 Å². The second-order valence-electron chi connectivity index (χ2n) is 9.59. The lowest BCUT2D eigenvalue weighted by atomic mass is 9.96. The Kier molecular flexibility index (Phi) is 4.56. The van der Waals surface area contributed by atoms with Crippen LogP contribution < -0.4 is 10.6 Å². The maximum atomic E-state index is 13.6. The van der Waals surface area contributed by atoms with Crippen LogP contribution in [-0.2, 0) is 27.2 Å². The fourth-order valence-electron chi connectivity index (χ4n) is 5.44. The minimum absolute atomic E-state index is 0.229. The van der Waals surface area contributed by atoms with Crippen LogP contribution in [0.2, 0.25) is 0 Å². The molecule has 1 saturated heterocycles. The minimum Gasteiger partial charge on any atom is -0.345 e. The number of amides is 1. The monoisotopic (exact) mass is 452 g/mol. The standard InChI is InChI=1S/C24H28N4O3S/c1-15-8-7-9-16(12-15)32(30,31)24-14-25-13-18(24)20(24)22(29)26-23(2,3)21-17-10-5-6-11-19(17)28(4)27-21/h5-12,18,20,25H,13-14H2,1-4H3,(H,26,29)/t18-,20-,24-/m1/s1. The number of rotatable bonds is 5. The number of hydrogen-bond acceptors (Lipinski definition) is 5. The first kappa shape index (κ1) is 21.2. The molecule has 0 bridgehead atoms. The van der Waals surface area contributed by atoms with E-state index in [9.17, 15) is 13.2 Å². The molecule has 168 valence electrons.